The van der Waals surface area contributed by atoms with Crippen LogP contribution >= 0.6 is 0 Å². The van der Waals surface area contributed by atoms with Crippen LogP contribution in [0.1, 0.15) is 52.6 Å². The van der Waals surface area contributed by atoms with E-state index in [1.165, 1.54) is 0 Å². The molecule has 0 aliphatic carbocycles. The minimum absolute atomic E-state index is 0.190. The van der Waals surface area contributed by atoms with Gasteiger partial charge in [-0.05, 0) is 47.6 Å². The van der Waals surface area contributed by atoms with Gasteiger partial charge in [-0.1, -0.05) is 86.1 Å². The average molecular weight is 487 g/mol. The Balaban J connectivity index is 1.65. The van der Waals surface area contributed by atoms with Crippen molar-refractivity contribution in [1.82, 2.24) is 9.13 Å². The third kappa shape index (κ3) is 5.48. The molecule has 0 spiro atoms. The van der Waals surface area contributed by atoms with Crippen molar-refractivity contribution in [3.8, 4) is 11.1 Å². The van der Waals surface area contributed by atoms with Gasteiger partial charge in [0.05, 0.1) is 17.8 Å². The van der Waals surface area contributed by atoms with Crippen LogP contribution in [-0.4, -0.2) is 20.2 Å². The Morgan fingerprint density at radius 3 is 2.19 bits per heavy atom. The molecule has 0 saturated heterocycles. The molecule has 186 valence electrons. The maximum Gasteiger partial charge on any atom is 0.336 e. The maximum atomic E-state index is 14.3. The molecule has 0 fully saturated rings. The third-order valence-corrected chi connectivity index (χ3v) is 6.57. The molecule has 4 aromatic rings. The van der Waals surface area contributed by atoms with E-state index in [1.807, 2.05) is 60.7 Å². The van der Waals surface area contributed by atoms with Crippen molar-refractivity contribution in [3.63, 3.8) is 0 Å². The topological polar surface area (TPSA) is 64.2 Å². The minimum Gasteiger partial charge on any atom is -0.478 e. The second-order valence-electron chi connectivity index (χ2n) is 8.93. The maximum absolute atomic E-state index is 14.3. The standard InChI is InChI=1S/C30H31FN2O3/c1-2-3-13-27-28(20-31)32(19-18-22-9-5-4-6-10-22)30(36)33(27)21-23-14-16-24(17-15-23)25-11-7-8-12-26(25)29(34)35/h4-12,14-17H,2-3,13,18-21H2,1H3,(H,34,35). The van der Waals surface area contributed by atoms with Crippen molar-refractivity contribution >= 4 is 5.97 Å². The number of imidazole rings is 1. The number of halogens is 1. The second-order valence-corrected chi connectivity index (χ2v) is 8.93. The highest BCUT2D eigenvalue weighted by Gasteiger charge is 2.20. The van der Waals surface area contributed by atoms with E-state index in [0.717, 1.165) is 35.2 Å². The molecule has 0 amide bonds. The number of hydrogen-bond donors (Lipinski definition) is 1. The summed E-state index contributed by atoms with van der Waals surface area (Å²) in [5.74, 6) is -0.975. The summed E-state index contributed by atoms with van der Waals surface area (Å²) in [6.45, 7) is 2.17. The zero-order chi connectivity index (χ0) is 25.5. The predicted octanol–water partition coefficient (Wildman–Crippen LogP) is 6.12. The van der Waals surface area contributed by atoms with E-state index in [2.05, 4.69) is 6.92 Å². The summed E-state index contributed by atoms with van der Waals surface area (Å²) >= 11 is 0. The number of aryl methyl sites for hydroxylation is 1. The summed E-state index contributed by atoms with van der Waals surface area (Å²) in [6.07, 6.45) is 3.13. The lowest BCUT2D eigenvalue weighted by Gasteiger charge is -2.10. The fraction of sp³-hybridized carbons (Fsp3) is 0.267. The van der Waals surface area contributed by atoms with Crippen molar-refractivity contribution in [2.75, 3.05) is 0 Å². The fourth-order valence-electron chi connectivity index (χ4n) is 4.63. The van der Waals surface area contributed by atoms with E-state index in [-0.39, 0.29) is 11.3 Å². The molecular formula is C30H31FN2O3. The number of alkyl halides is 1. The number of unbranched alkanes of at least 4 members (excludes halogenated alkanes) is 1. The zero-order valence-electron chi connectivity index (χ0n) is 20.5. The molecule has 1 N–H and O–H groups in total. The predicted molar refractivity (Wildman–Crippen MR) is 140 cm³/mol. The van der Waals surface area contributed by atoms with Crippen LogP contribution in [0.2, 0.25) is 0 Å². The van der Waals surface area contributed by atoms with E-state index < -0.39 is 12.6 Å². The summed E-state index contributed by atoms with van der Waals surface area (Å²) in [6, 6.07) is 24.3. The van der Waals surface area contributed by atoms with Gasteiger partial charge in [-0.3, -0.25) is 9.13 Å². The van der Waals surface area contributed by atoms with Gasteiger partial charge in [0.15, 0.2) is 0 Å². The lowest BCUT2D eigenvalue weighted by Crippen LogP contribution is -2.26. The smallest absolute Gasteiger partial charge is 0.336 e. The molecular weight excluding hydrogens is 455 g/mol. The number of benzene rings is 3. The van der Waals surface area contributed by atoms with Gasteiger partial charge in [0.25, 0.3) is 0 Å². The summed E-state index contributed by atoms with van der Waals surface area (Å²) in [5, 5.41) is 9.51. The fourth-order valence-corrected chi connectivity index (χ4v) is 4.63. The largest absolute Gasteiger partial charge is 0.478 e. The molecule has 0 saturated carbocycles. The minimum atomic E-state index is -0.975. The quantitative estimate of drug-likeness (QED) is 0.278. The molecule has 6 heteroatoms. The molecule has 1 heterocycles. The molecule has 5 nitrogen and oxygen atoms in total. The Morgan fingerprint density at radius 1 is 0.833 bits per heavy atom. The number of aromatic carboxylic acids is 1. The Hall–Kier alpha value is -3.93. The third-order valence-electron chi connectivity index (χ3n) is 6.57. The average Bonchev–Trinajstić information content (AvgIpc) is 3.16. The normalized spacial score (nSPS) is 11.1. The molecule has 3 aromatic carbocycles. The first kappa shape index (κ1) is 25.2. The lowest BCUT2D eigenvalue weighted by molar-refractivity contribution is 0.0697. The number of rotatable bonds is 11. The zero-order valence-corrected chi connectivity index (χ0v) is 20.5. The highest BCUT2D eigenvalue weighted by Crippen LogP contribution is 2.25. The number of carbonyl (C=O) groups is 1. The first-order valence-corrected chi connectivity index (χ1v) is 12.4. The Bertz CT molecular complexity index is 1370. The van der Waals surface area contributed by atoms with Crippen molar-refractivity contribution in [2.24, 2.45) is 0 Å². The van der Waals surface area contributed by atoms with Crippen LogP contribution in [0.15, 0.2) is 83.7 Å². The Morgan fingerprint density at radius 2 is 1.53 bits per heavy atom. The van der Waals surface area contributed by atoms with Crippen LogP contribution in [-0.2, 0) is 32.6 Å². The van der Waals surface area contributed by atoms with Gasteiger partial charge in [-0.2, -0.15) is 0 Å². The van der Waals surface area contributed by atoms with Crippen molar-refractivity contribution in [1.29, 1.82) is 0 Å². The molecule has 0 unspecified atom stereocenters. The van der Waals surface area contributed by atoms with E-state index >= 15 is 0 Å². The van der Waals surface area contributed by atoms with Gasteiger partial charge < -0.3 is 5.11 Å². The first-order valence-electron chi connectivity index (χ1n) is 12.4. The van der Waals surface area contributed by atoms with Gasteiger partial charge in [-0.15, -0.1) is 0 Å². The van der Waals surface area contributed by atoms with Crippen LogP contribution in [0, 0.1) is 0 Å². The SMILES string of the molecule is CCCCc1c(CF)n(CCc2ccccc2)c(=O)n1Cc1ccc(-c2ccccc2C(=O)O)cc1. The van der Waals surface area contributed by atoms with Gasteiger partial charge in [0, 0.05) is 12.2 Å². The molecule has 0 radical (unpaired) electrons. The summed E-state index contributed by atoms with van der Waals surface area (Å²) < 4.78 is 17.6. The van der Waals surface area contributed by atoms with Crippen molar-refractivity contribution in [2.45, 2.75) is 52.4 Å². The van der Waals surface area contributed by atoms with Gasteiger partial charge in [0.1, 0.15) is 6.67 Å². The number of carboxylic acid groups (broad SMARTS) is 1. The molecule has 0 atom stereocenters. The summed E-state index contributed by atoms with van der Waals surface area (Å²) in [7, 11) is 0. The van der Waals surface area contributed by atoms with Crippen molar-refractivity contribution < 1.29 is 14.3 Å². The van der Waals surface area contributed by atoms with Crippen LogP contribution in [0.25, 0.3) is 11.1 Å². The molecule has 0 bridgehead atoms. The van der Waals surface area contributed by atoms with Crippen LogP contribution < -0.4 is 5.69 Å². The Labute approximate surface area is 210 Å². The number of carboxylic acids is 1. The summed E-state index contributed by atoms with van der Waals surface area (Å²) in [5.41, 5.74) is 4.72. The molecule has 4 rings (SSSR count). The number of nitrogens with zero attached hydrogens (tertiary/aromatic N) is 2. The van der Waals surface area contributed by atoms with Crippen LogP contribution in [0.3, 0.4) is 0 Å². The highest BCUT2D eigenvalue weighted by atomic mass is 19.1. The number of hydrogen-bond acceptors (Lipinski definition) is 2. The monoisotopic (exact) mass is 486 g/mol. The van der Waals surface area contributed by atoms with Gasteiger partial charge in [-0.25, -0.2) is 14.0 Å². The molecule has 0 aliphatic heterocycles. The molecule has 36 heavy (non-hydrogen) atoms. The lowest BCUT2D eigenvalue weighted by atomic mass is 9.99. The van der Waals surface area contributed by atoms with E-state index in [1.54, 1.807) is 27.3 Å². The van der Waals surface area contributed by atoms with Crippen LogP contribution in [0.4, 0.5) is 4.39 Å². The summed E-state index contributed by atoms with van der Waals surface area (Å²) in [4.78, 5) is 25.1. The number of aromatic nitrogens is 2. The Kier molecular flexibility index (Phi) is 8.16. The van der Waals surface area contributed by atoms with Crippen molar-refractivity contribution in [3.05, 3.63) is 117 Å². The first-order chi connectivity index (χ1) is 17.5. The molecule has 1 aromatic heterocycles. The van der Waals surface area contributed by atoms with E-state index in [4.69, 9.17) is 0 Å². The van der Waals surface area contributed by atoms with Crippen LogP contribution in [0.5, 0.6) is 0 Å². The van der Waals surface area contributed by atoms with Gasteiger partial charge in [0.2, 0.25) is 0 Å². The second kappa shape index (κ2) is 11.7. The van der Waals surface area contributed by atoms with E-state index in [0.29, 0.717) is 37.2 Å². The molecule has 0 aliphatic rings. The van der Waals surface area contributed by atoms with E-state index in [9.17, 15) is 19.1 Å². The van der Waals surface area contributed by atoms with Gasteiger partial charge >= 0.3 is 11.7 Å². The highest BCUT2D eigenvalue weighted by molar-refractivity contribution is 5.95.